The molecule has 3 heteroatoms. The van der Waals surface area contributed by atoms with Gasteiger partial charge in [0.25, 0.3) is 0 Å². The van der Waals surface area contributed by atoms with Gasteiger partial charge in [-0.05, 0) is 39.3 Å². The zero-order valence-electron chi connectivity index (χ0n) is 12.3. The van der Waals surface area contributed by atoms with Crippen molar-refractivity contribution in [2.45, 2.75) is 66.1 Å². The molecule has 3 nitrogen and oxygen atoms in total. The number of hydrogen-bond acceptors (Lipinski definition) is 3. The molecule has 1 unspecified atom stereocenters. The van der Waals surface area contributed by atoms with E-state index in [2.05, 4.69) is 31.7 Å². The smallest absolute Gasteiger partial charge is 0.118 e. The summed E-state index contributed by atoms with van der Waals surface area (Å²) < 4.78 is 5.79. The van der Waals surface area contributed by atoms with Crippen LogP contribution in [-0.2, 0) is 13.1 Å². The van der Waals surface area contributed by atoms with Crippen molar-refractivity contribution < 1.29 is 4.42 Å². The summed E-state index contributed by atoms with van der Waals surface area (Å²) in [6, 6.07) is 2.71. The van der Waals surface area contributed by atoms with Crippen molar-refractivity contribution in [2.24, 2.45) is 5.73 Å². The Bertz CT molecular complexity index is 346. The molecule has 0 aliphatic heterocycles. The molecule has 0 saturated carbocycles. The largest absolute Gasteiger partial charge is 0.465 e. The highest BCUT2D eigenvalue weighted by atomic mass is 16.3. The summed E-state index contributed by atoms with van der Waals surface area (Å²) >= 11 is 0. The van der Waals surface area contributed by atoms with Gasteiger partial charge < -0.3 is 10.2 Å². The van der Waals surface area contributed by atoms with Crippen LogP contribution < -0.4 is 5.73 Å². The van der Waals surface area contributed by atoms with Crippen LogP contribution in [0.2, 0.25) is 0 Å². The monoisotopic (exact) mass is 252 g/mol. The number of nitrogens with two attached hydrogens (primary N) is 1. The second-order valence-corrected chi connectivity index (χ2v) is 5.08. The van der Waals surface area contributed by atoms with Gasteiger partial charge in [0.2, 0.25) is 0 Å². The molecule has 0 aliphatic rings. The first kappa shape index (κ1) is 15.3. The molecule has 0 amide bonds. The first-order valence-corrected chi connectivity index (χ1v) is 7.14. The zero-order valence-corrected chi connectivity index (χ0v) is 12.3. The molecule has 0 saturated heterocycles. The van der Waals surface area contributed by atoms with Crippen molar-refractivity contribution in [2.75, 3.05) is 6.54 Å². The van der Waals surface area contributed by atoms with E-state index in [0.717, 1.165) is 30.2 Å². The Hall–Kier alpha value is -0.800. The van der Waals surface area contributed by atoms with Crippen LogP contribution >= 0.6 is 0 Å². The van der Waals surface area contributed by atoms with Gasteiger partial charge in [0.05, 0.1) is 6.54 Å². The van der Waals surface area contributed by atoms with E-state index < -0.39 is 0 Å². The molecule has 0 fully saturated rings. The van der Waals surface area contributed by atoms with Crippen molar-refractivity contribution in [1.82, 2.24) is 4.90 Å². The van der Waals surface area contributed by atoms with Crippen molar-refractivity contribution in [3.8, 4) is 0 Å². The molecule has 104 valence electrons. The minimum absolute atomic E-state index is 0.563. The second kappa shape index (κ2) is 7.59. The van der Waals surface area contributed by atoms with E-state index in [0.29, 0.717) is 12.6 Å². The van der Waals surface area contributed by atoms with Gasteiger partial charge in [0.15, 0.2) is 0 Å². The fraction of sp³-hybridized carbons (Fsp3) is 0.733. The minimum atomic E-state index is 0.563. The fourth-order valence-corrected chi connectivity index (χ4v) is 2.14. The molecular formula is C15H28N2O. The Morgan fingerprint density at radius 2 is 2.11 bits per heavy atom. The Kier molecular flexibility index (Phi) is 6.44. The van der Waals surface area contributed by atoms with Gasteiger partial charge in [-0.3, -0.25) is 4.90 Å². The highest BCUT2D eigenvalue weighted by Gasteiger charge is 2.15. The Labute approximate surface area is 111 Å². The summed E-state index contributed by atoms with van der Waals surface area (Å²) in [6.45, 7) is 11.4. The molecule has 0 aliphatic carbocycles. The Balaban J connectivity index is 2.68. The van der Waals surface area contributed by atoms with Crippen LogP contribution in [0.5, 0.6) is 0 Å². The van der Waals surface area contributed by atoms with E-state index in [1.165, 1.54) is 19.3 Å². The second-order valence-electron chi connectivity index (χ2n) is 5.08. The molecular weight excluding hydrogens is 224 g/mol. The van der Waals surface area contributed by atoms with Crippen molar-refractivity contribution in [1.29, 1.82) is 0 Å². The molecule has 1 aromatic heterocycles. The van der Waals surface area contributed by atoms with Gasteiger partial charge in [-0.2, -0.15) is 0 Å². The minimum Gasteiger partial charge on any atom is -0.465 e. The molecule has 1 rings (SSSR count). The first-order valence-electron chi connectivity index (χ1n) is 7.14. The Morgan fingerprint density at radius 3 is 2.61 bits per heavy atom. The van der Waals surface area contributed by atoms with E-state index in [1.54, 1.807) is 0 Å². The van der Waals surface area contributed by atoms with Crippen LogP contribution in [0.1, 0.15) is 57.1 Å². The van der Waals surface area contributed by atoms with Gasteiger partial charge >= 0.3 is 0 Å². The van der Waals surface area contributed by atoms with Crippen LogP contribution in [-0.4, -0.2) is 17.5 Å². The summed E-state index contributed by atoms with van der Waals surface area (Å²) in [5.74, 6) is 2.01. The molecule has 1 atom stereocenters. The number of unbranched alkanes of at least 4 members (excludes halogenated alkanes) is 1. The van der Waals surface area contributed by atoms with Crippen molar-refractivity contribution in [3.63, 3.8) is 0 Å². The third kappa shape index (κ3) is 4.14. The topological polar surface area (TPSA) is 42.4 Å². The Morgan fingerprint density at radius 1 is 1.39 bits per heavy atom. The average Bonchev–Trinajstić information content (AvgIpc) is 2.73. The lowest BCUT2D eigenvalue weighted by atomic mass is 10.2. The first-order chi connectivity index (χ1) is 8.62. The molecule has 0 spiro atoms. The molecule has 0 radical (unpaired) electrons. The molecule has 18 heavy (non-hydrogen) atoms. The third-order valence-electron chi connectivity index (χ3n) is 3.66. The summed E-state index contributed by atoms with van der Waals surface area (Å²) in [5.41, 5.74) is 6.82. The number of furan rings is 1. The number of hydrogen-bond donors (Lipinski definition) is 1. The van der Waals surface area contributed by atoms with E-state index in [9.17, 15) is 0 Å². The zero-order chi connectivity index (χ0) is 13.5. The van der Waals surface area contributed by atoms with Gasteiger partial charge in [-0.25, -0.2) is 0 Å². The van der Waals surface area contributed by atoms with Crippen molar-refractivity contribution >= 4 is 0 Å². The number of rotatable bonds is 8. The van der Waals surface area contributed by atoms with Crippen LogP contribution in [0.4, 0.5) is 0 Å². The van der Waals surface area contributed by atoms with Crippen molar-refractivity contribution in [3.05, 3.63) is 23.2 Å². The number of aryl methyl sites for hydroxylation is 1. The summed E-state index contributed by atoms with van der Waals surface area (Å²) in [6.07, 6.45) is 3.65. The lowest BCUT2D eigenvalue weighted by Gasteiger charge is -2.27. The predicted molar refractivity (Wildman–Crippen MR) is 76.4 cm³/mol. The van der Waals surface area contributed by atoms with Crippen LogP contribution in [0.3, 0.4) is 0 Å². The maximum atomic E-state index is 5.79. The molecule has 0 bridgehead atoms. The summed E-state index contributed by atoms with van der Waals surface area (Å²) in [7, 11) is 0. The predicted octanol–water partition coefficient (Wildman–Crippen LogP) is 3.45. The average molecular weight is 252 g/mol. The van der Waals surface area contributed by atoms with E-state index in [4.69, 9.17) is 10.2 Å². The summed E-state index contributed by atoms with van der Waals surface area (Å²) in [4.78, 5) is 2.50. The van der Waals surface area contributed by atoms with Gasteiger partial charge in [0.1, 0.15) is 11.5 Å². The molecule has 0 aromatic carbocycles. The van der Waals surface area contributed by atoms with Gasteiger partial charge in [0, 0.05) is 18.2 Å². The normalized spacial score (nSPS) is 13.2. The quantitative estimate of drug-likeness (QED) is 0.770. The van der Waals surface area contributed by atoms with Crippen LogP contribution in [0.25, 0.3) is 0 Å². The van der Waals surface area contributed by atoms with Crippen LogP contribution in [0, 0.1) is 6.92 Å². The van der Waals surface area contributed by atoms with Crippen LogP contribution in [0.15, 0.2) is 10.5 Å². The molecule has 1 aromatic rings. The third-order valence-corrected chi connectivity index (χ3v) is 3.66. The molecule has 1 heterocycles. The number of nitrogens with zero attached hydrogens (tertiary/aromatic N) is 1. The van der Waals surface area contributed by atoms with Gasteiger partial charge in [-0.15, -0.1) is 0 Å². The standard InChI is InChI=1S/C15H28N2O/c1-5-7-8-17(12(3)6-2)11-15-9-14(10-16)13(4)18-15/h9,12H,5-8,10-11,16H2,1-4H3. The summed E-state index contributed by atoms with van der Waals surface area (Å²) in [5, 5.41) is 0. The van der Waals surface area contributed by atoms with Gasteiger partial charge in [-0.1, -0.05) is 20.3 Å². The van der Waals surface area contributed by atoms with E-state index in [1.807, 2.05) is 6.92 Å². The highest BCUT2D eigenvalue weighted by molar-refractivity contribution is 5.20. The maximum Gasteiger partial charge on any atom is 0.118 e. The molecule has 2 N–H and O–H groups in total. The van der Waals surface area contributed by atoms with E-state index in [-0.39, 0.29) is 0 Å². The lowest BCUT2D eigenvalue weighted by molar-refractivity contribution is 0.177. The SMILES string of the molecule is CCCCN(Cc1cc(CN)c(C)o1)C(C)CC. The lowest BCUT2D eigenvalue weighted by Crippen LogP contribution is -2.32. The maximum absolute atomic E-state index is 5.79. The van der Waals surface area contributed by atoms with E-state index >= 15 is 0 Å². The fourth-order valence-electron chi connectivity index (χ4n) is 2.14. The highest BCUT2D eigenvalue weighted by Crippen LogP contribution is 2.18.